The molecular weight excluding hydrogens is 300 g/mol. The van der Waals surface area contributed by atoms with Crippen molar-refractivity contribution in [3.63, 3.8) is 0 Å². The number of fused-ring (bicyclic) bond motifs is 2. The molecule has 1 aromatic carbocycles. The van der Waals surface area contributed by atoms with Crippen LogP contribution in [0.1, 0.15) is 17.1 Å². The summed E-state index contributed by atoms with van der Waals surface area (Å²) in [7, 11) is 1.87. The first kappa shape index (κ1) is 14.2. The van der Waals surface area contributed by atoms with Gasteiger partial charge in [-0.2, -0.15) is 10.4 Å². The average Bonchev–Trinajstić information content (AvgIpc) is 3.14. The second-order valence-electron chi connectivity index (χ2n) is 5.62. The van der Waals surface area contributed by atoms with Crippen molar-refractivity contribution in [1.82, 2.24) is 24.7 Å². The minimum Gasteiger partial charge on any atom is -0.337 e. The van der Waals surface area contributed by atoms with Crippen molar-refractivity contribution in [1.29, 1.82) is 5.26 Å². The fourth-order valence-electron chi connectivity index (χ4n) is 2.80. The van der Waals surface area contributed by atoms with Crippen LogP contribution >= 0.6 is 0 Å². The lowest BCUT2D eigenvalue weighted by Crippen LogP contribution is -1.92. The fraction of sp³-hybridized carbons (Fsp3) is 0.111. The van der Waals surface area contributed by atoms with Gasteiger partial charge in [0.2, 0.25) is 0 Å². The number of nitriles is 1. The Morgan fingerprint density at radius 3 is 2.96 bits per heavy atom. The third-order valence-corrected chi connectivity index (χ3v) is 3.96. The molecule has 0 aliphatic carbocycles. The van der Waals surface area contributed by atoms with E-state index in [0.717, 1.165) is 33.3 Å². The molecule has 0 bridgehead atoms. The number of rotatable bonds is 2. The Bertz CT molecular complexity index is 1110. The molecule has 1 N–H and O–H groups in total. The third kappa shape index (κ3) is 2.23. The maximum absolute atomic E-state index is 9.52. The van der Waals surface area contributed by atoms with Crippen LogP contribution in [0.5, 0.6) is 0 Å². The number of hydrogen-bond acceptors (Lipinski definition) is 4. The molecule has 0 aliphatic rings. The van der Waals surface area contributed by atoms with Gasteiger partial charge in [-0.3, -0.25) is 4.68 Å². The average molecular weight is 314 g/mol. The van der Waals surface area contributed by atoms with E-state index in [1.807, 2.05) is 44.3 Å². The first-order valence-electron chi connectivity index (χ1n) is 7.52. The highest BCUT2D eigenvalue weighted by Crippen LogP contribution is 2.21. The molecule has 6 heteroatoms. The van der Waals surface area contributed by atoms with E-state index in [1.165, 1.54) is 0 Å². The molecule has 0 saturated heterocycles. The number of para-hydroxylation sites is 2. The van der Waals surface area contributed by atoms with E-state index >= 15 is 0 Å². The molecule has 24 heavy (non-hydrogen) atoms. The standard InChI is InChI=1S/C18H14N6/c1-11-14-8-12(10-20-18(14)24(2)23-11)7-13(9-19)17-21-15-5-3-4-6-16(15)22-17/h3-8,10H,1-2H3,(H,21,22)/b13-7-. The fourth-order valence-corrected chi connectivity index (χ4v) is 2.80. The number of aryl methyl sites for hydroxylation is 2. The van der Waals surface area contributed by atoms with Crippen molar-refractivity contribution in [2.45, 2.75) is 6.92 Å². The van der Waals surface area contributed by atoms with Crippen molar-refractivity contribution < 1.29 is 0 Å². The van der Waals surface area contributed by atoms with Gasteiger partial charge >= 0.3 is 0 Å². The smallest absolute Gasteiger partial charge is 0.157 e. The molecule has 0 aliphatic heterocycles. The van der Waals surface area contributed by atoms with Crippen LogP contribution in [0.2, 0.25) is 0 Å². The Balaban J connectivity index is 1.82. The van der Waals surface area contributed by atoms with E-state index in [9.17, 15) is 5.26 Å². The third-order valence-electron chi connectivity index (χ3n) is 3.96. The van der Waals surface area contributed by atoms with Crippen molar-refractivity contribution in [3.8, 4) is 6.07 Å². The first-order valence-corrected chi connectivity index (χ1v) is 7.52. The summed E-state index contributed by atoms with van der Waals surface area (Å²) in [5.74, 6) is 0.557. The molecule has 0 atom stereocenters. The molecule has 3 aromatic heterocycles. The second kappa shape index (κ2) is 5.32. The maximum atomic E-state index is 9.52. The zero-order valence-corrected chi connectivity index (χ0v) is 13.3. The van der Waals surface area contributed by atoms with Gasteiger partial charge < -0.3 is 4.98 Å². The maximum Gasteiger partial charge on any atom is 0.157 e. The predicted molar refractivity (Wildman–Crippen MR) is 92.8 cm³/mol. The molecule has 0 spiro atoms. The summed E-state index contributed by atoms with van der Waals surface area (Å²) in [6, 6.07) is 11.9. The number of imidazole rings is 1. The minimum absolute atomic E-state index is 0.467. The topological polar surface area (TPSA) is 83.2 Å². The van der Waals surface area contributed by atoms with Gasteiger partial charge in [-0.25, -0.2) is 9.97 Å². The van der Waals surface area contributed by atoms with Crippen LogP contribution in [0.4, 0.5) is 0 Å². The van der Waals surface area contributed by atoms with Crippen LogP contribution in [0.25, 0.3) is 33.7 Å². The van der Waals surface area contributed by atoms with E-state index in [-0.39, 0.29) is 0 Å². The summed E-state index contributed by atoms with van der Waals surface area (Å²) in [5, 5.41) is 14.9. The van der Waals surface area contributed by atoms with Gasteiger partial charge in [-0.1, -0.05) is 12.1 Å². The van der Waals surface area contributed by atoms with E-state index in [1.54, 1.807) is 17.0 Å². The molecule has 0 unspecified atom stereocenters. The quantitative estimate of drug-likeness (QED) is 0.576. The molecule has 4 aromatic rings. The Kier molecular flexibility index (Phi) is 3.14. The Hall–Kier alpha value is -3.46. The van der Waals surface area contributed by atoms with Crippen molar-refractivity contribution >= 4 is 33.7 Å². The minimum atomic E-state index is 0.467. The van der Waals surface area contributed by atoms with Crippen molar-refractivity contribution in [3.05, 3.63) is 53.6 Å². The summed E-state index contributed by atoms with van der Waals surface area (Å²) < 4.78 is 1.75. The molecule has 0 saturated carbocycles. The monoisotopic (exact) mass is 314 g/mol. The van der Waals surface area contributed by atoms with Gasteiger partial charge in [0.15, 0.2) is 5.65 Å². The number of pyridine rings is 1. The van der Waals surface area contributed by atoms with E-state index in [0.29, 0.717) is 11.4 Å². The number of H-pyrrole nitrogens is 1. The largest absolute Gasteiger partial charge is 0.337 e. The van der Waals surface area contributed by atoms with Gasteiger partial charge in [0.25, 0.3) is 0 Å². The van der Waals surface area contributed by atoms with Crippen LogP contribution in [0, 0.1) is 18.3 Å². The number of benzene rings is 1. The molecule has 6 nitrogen and oxygen atoms in total. The Morgan fingerprint density at radius 2 is 2.17 bits per heavy atom. The summed E-state index contributed by atoms with van der Waals surface area (Å²) in [4.78, 5) is 12.1. The van der Waals surface area contributed by atoms with Gasteiger partial charge in [-0.15, -0.1) is 0 Å². The predicted octanol–water partition coefficient (Wildman–Crippen LogP) is 3.22. The van der Waals surface area contributed by atoms with Gasteiger partial charge in [0.1, 0.15) is 11.9 Å². The molecule has 0 amide bonds. The highest BCUT2D eigenvalue weighted by atomic mass is 15.3. The molecule has 0 radical (unpaired) electrons. The lowest BCUT2D eigenvalue weighted by atomic mass is 10.1. The summed E-state index contributed by atoms with van der Waals surface area (Å²) >= 11 is 0. The number of hydrogen-bond donors (Lipinski definition) is 1. The van der Waals surface area contributed by atoms with Crippen LogP contribution in [0.15, 0.2) is 36.5 Å². The number of nitrogens with zero attached hydrogens (tertiary/aromatic N) is 5. The number of nitrogens with one attached hydrogen (secondary N) is 1. The lowest BCUT2D eigenvalue weighted by molar-refractivity contribution is 0.774. The normalized spacial score (nSPS) is 12.0. The van der Waals surface area contributed by atoms with Crippen molar-refractivity contribution in [2.24, 2.45) is 7.05 Å². The number of aromatic amines is 1. The van der Waals surface area contributed by atoms with Gasteiger partial charge in [0, 0.05) is 18.6 Å². The van der Waals surface area contributed by atoms with E-state index in [4.69, 9.17) is 0 Å². The van der Waals surface area contributed by atoms with Gasteiger partial charge in [0.05, 0.1) is 22.3 Å². The highest BCUT2D eigenvalue weighted by Gasteiger charge is 2.10. The van der Waals surface area contributed by atoms with Crippen LogP contribution in [-0.2, 0) is 7.05 Å². The summed E-state index contributed by atoms with van der Waals surface area (Å²) in [6.45, 7) is 1.95. The Labute approximate surface area is 138 Å². The molecule has 4 rings (SSSR count). The molecule has 0 fully saturated rings. The first-order chi connectivity index (χ1) is 11.7. The van der Waals surface area contributed by atoms with Crippen molar-refractivity contribution in [2.75, 3.05) is 0 Å². The van der Waals surface area contributed by atoms with Crippen LogP contribution in [0.3, 0.4) is 0 Å². The highest BCUT2D eigenvalue weighted by molar-refractivity contribution is 5.91. The summed E-state index contributed by atoms with van der Waals surface area (Å²) in [6.07, 6.45) is 3.53. The number of allylic oxidation sites excluding steroid dienone is 1. The second-order valence-corrected chi connectivity index (χ2v) is 5.62. The van der Waals surface area contributed by atoms with Crippen LogP contribution < -0.4 is 0 Å². The molecule has 116 valence electrons. The zero-order chi connectivity index (χ0) is 16.7. The van der Waals surface area contributed by atoms with E-state index < -0.39 is 0 Å². The Morgan fingerprint density at radius 1 is 1.33 bits per heavy atom. The SMILES string of the molecule is Cc1nn(C)c2ncc(/C=C(/C#N)c3nc4ccccc4[nH]3)cc12. The van der Waals surface area contributed by atoms with Crippen LogP contribution in [-0.4, -0.2) is 24.7 Å². The molecule has 3 heterocycles. The molecular formula is C18H14N6. The number of aromatic nitrogens is 5. The lowest BCUT2D eigenvalue weighted by Gasteiger charge is -1.98. The van der Waals surface area contributed by atoms with E-state index in [2.05, 4.69) is 26.1 Å². The van der Waals surface area contributed by atoms with Gasteiger partial charge in [-0.05, 0) is 36.8 Å². The summed E-state index contributed by atoms with van der Waals surface area (Å²) in [5.41, 5.74) is 4.80. The zero-order valence-electron chi connectivity index (χ0n) is 13.3.